The van der Waals surface area contributed by atoms with Gasteiger partial charge in [-0.05, 0) is 19.8 Å². The monoisotopic (exact) mass is 299 g/mol. The maximum atomic E-state index is 11.7. The third kappa shape index (κ3) is 5.61. The van der Waals surface area contributed by atoms with Crippen molar-refractivity contribution >= 4 is 12.0 Å². The van der Waals surface area contributed by atoms with Crippen LogP contribution in [0.25, 0.3) is 0 Å². The van der Waals surface area contributed by atoms with Crippen LogP contribution in [0.3, 0.4) is 0 Å². The highest BCUT2D eigenvalue weighted by Gasteiger charge is 2.23. The molecule has 0 bridgehead atoms. The summed E-state index contributed by atoms with van der Waals surface area (Å²) in [6.07, 6.45) is 2.03. The molecular formula is C14H25N3O4. The third-order valence-corrected chi connectivity index (χ3v) is 3.83. The molecule has 2 aliphatic heterocycles. The molecule has 7 nitrogen and oxygen atoms in total. The number of piperazine rings is 1. The average Bonchev–Trinajstić information content (AvgIpc) is 2.94. The molecule has 2 saturated heterocycles. The van der Waals surface area contributed by atoms with Crippen molar-refractivity contribution in [1.82, 2.24) is 15.1 Å². The molecule has 2 rings (SSSR count). The van der Waals surface area contributed by atoms with Gasteiger partial charge in [-0.1, -0.05) is 0 Å². The van der Waals surface area contributed by atoms with Crippen LogP contribution in [0.15, 0.2) is 0 Å². The molecule has 21 heavy (non-hydrogen) atoms. The number of nitrogens with zero attached hydrogens (tertiary/aromatic N) is 2. The fraction of sp³-hybridized carbons (Fsp3) is 0.857. The first-order valence-corrected chi connectivity index (χ1v) is 7.70. The normalized spacial score (nSPS) is 24.0. The minimum absolute atomic E-state index is 0.243. The number of carbonyl (C=O) groups excluding carboxylic acids is 2. The molecular weight excluding hydrogens is 274 g/mol. The number of hydrogen-bond acceptors (Lipinski definition) is 6. The van der Waals surface area contributed by atoms with Crippen molar-refractivity contribution in [2.75, 3.05) is 52.5 Å². The zero-order chi connectivity index (χ0) is 15.1. The van der Waals surface area contributed by atoms with Gasteiger partial charge in [0.1, 0.15) is 0 Å². The van der Waals surface area contributed by atoms with Crippen molar-refractivity contribution in [3.05, 3.63) is 0 Å². The lowest BCUT2D eigenvalue weighted by atomic mass is 10.2. The van der Waals surface area contributed by atoms with Crippen molar-refractivity contribution < 1.29 is 19.1 Å². The van der Waals surface area contributed by atoms with Crippen molar-refractivity contribution in [2.24, 2.45) is 0 Å². The van der Waals surface area contributed by atoms with Crippen LogP contribution in [0.5, 0.6) is 0 Å². The molecule has 7 heteroatoms. The van der Waals surface area contributed by atoms with Crippen LogP contribution in [0.1, 0.15) is 19.8 Å². The maximum absolute atomic E-state index is 11.7. The molecule has 2 amide bonds. The Bertz CT molecular complexity index is 350. The number of carbonyl (C=O) groups is 2. The van der Waals surface area contributed by atoms with Crippen LogP contribution >= 0.6 is 0 Å². The van der Waals surface area contributed by atoms with E-state index in [9.17, 15) is 9.59 Å². The number of alkyl carbamates (subject to hydrolysis) is 1. The standard InChI is InChI=1S/C14H25N3O4/c1-2-20-14(19)15-13(18)11-17-7-5-16(6-8-17)10-12-4-3-9-21-12/h12H,2-11H2,1H3,(H,15,18,19). The van der Waals surface area contributed by atoms with Gasteiger partial charge >= 0.3 is 6.09 Å². The van der Waals surface area contributed by atoms with Crippen molar-refractivity contribution in [3.63, 3.8) is 0 Å². The molecule has 2 fully saturated rings. The first kappa shape index (κ1) is 16.2. The zero-order valence-electron chi connectivity index (χ0n) is 12.7. The summed E-state index contributed by atoms with van der Waals surface area (Å²) < 4.78 is 10.3. The Balaban J connectivity index is 1.62. The van der Waals surface area contributed by atoms with Gasteiger partial charge in [0.15, 0.2) is 0 Å². The topological polar surface area (TPSA) is 71.1 Å². The zero-order valence-corrected chi connectivity index (χ0v) is 12.7. The Kier molecular flexibility index (Phi) is 6.41. The molecule has 0 aromatic carbocycles. The minimum atomic E-state index is -0.667. The Labute approximate surface area is 125 Å². The average molecular weight is 299 g/mol. The SMILES string of the molecule is CCOC(=O)NC(=O)CN1CCN(CC2CCCO2)CC1. The van der Waals surface area contributed by atoms with E-state index in [-0.39, 0.29) is 19.1 Å². The number of imide groups is 1. The van der Waals surface area contributed by atoms with E-state index in [4.69, 9.17) is 4.74 Å². The quantitative estimate of drug-likeness (QED) is 0.774. The van der Waals surface area contributed by atoms with Crippen molar-refractivity contribution in [3.8, 4) is 0 Å². The van der Waals surface area contributed by atoms with Crippen LogP contribution in [-0.4, -0.2) is 80.4 Å². The van der Waals surface area contributed by atoms with E-state index in [1.54, 1.807) is 6.92 Å². The molecule has 120 valence electrons. The number of nitrogens with one attached hydrogen (secondary N) is 1. The van der Waals surface area contributed by atoms with Gasteiger partial charge in [-0.25, -0.2) is 4.79 Å². The highest BCUT2D eigenvalue weighted by Crippen LogP contribution is 2.14. The largest absolute Gasteiger partial charge is 0.450 e. The smallest absolute Gasteiger partial charge is 0.413 e. The molecule has 2 heterocycles. The molecule has 0 saturated carbocycles. The van der Waals surface area contributed by atoms with E-state index in [1.807, 2.05) is 0 Å². The summed E-state index contributed by atoms with van der Waals surface area (Å²) in [5, 5.41) is 2.22. The van der Waals surface area contributed by atoms with Gasteiger partial charge in [-0.2, -0.15) is 0 Å². The lowest BCUT2D eigenvalue weighted by Gasteiger charge is -2.35. The summed E-state index contributed by atoms with van der Waals surface area (Å²) in [4.78, 5) is 27.3. The van der Waals surface area contributed by atoms with Gasteiger partial charge in [-0.3, -0.25) is 19.9 Å². The fourth-order valence-corrected chi connectivity index (χ4v) is 2.73. The second kappa shape index (κ2) is 8.31. The molecule has 1 unspecified atom stereocenters. The van der Waals surface area contributed by atoms with Crippen LogP contribution < -0.4 is 5.32 Å². The molecule has 1 N–H and O–H groups in total. The van der Waals surface area contributed by atoms with Crippen LogP contribution in [0.4, 0.5) is 4.79 Å². The van der Waals surface area contributed by atoms with Crippen LogP contribution in [-0.2, 0) is 14.3 Å². The van der Waals surface area contributed by atoms with Gasteiger partial charge in [0.25, 0.3) is 0 Å². The van der Waals surface area contributed by atoms with E-state index in [0.717, 1.165) is 45.8 Å². The number of hydrogen-bond donors (Lipinski definition) is 1. The van der Waals surface area contributed by atoms with E-state index in [0.29, 0.717) is 6.10 Å². The molecule has 0 aromatic heterocycles. The summed E-state index contributed by atoms with van der Waals surface area (Å²) in [5.74, 6) is -0.305. The van der Waals surface area contributed by atoms with Crippen LogP contribution in [0.2, 0.25) is 0 Å². The maximum Gasteiger partial charge on any atom is 0.413 e. The van der Waals surface area contributed by atoms with E-state index >= 15 is 0 Å². The van der Waals surface area contributed by atoms with Gasteiger partial charge < -0.3 is 9.47 Å². The summed E-state index contributed by atoms with van der Waals surface area (Å²) in [7, 11) is 0. The number of rotatable bonds is 5. The molecule has 1 atom stereocenters. The summed E-state index contributed by atoms with van der Waals surface area (Å²) in [6.45, 7) is 7.64. The van der Waals surface area contributed by atoms with Gasteiger partial charge in [0, 0.05) is 39.3 Å². The Hall–Kier alpha value is -1.18. The lowest BCUT2D eigenvalue weighted by Crippen LogP contribution is -2.51. The van der Waals surface area contributed by atoms with E-state index < -0.39 is 6.09 Å². The lowest BCUT2D eigenvalue weighted by molar-refractivity contribution is -0.122. The predicted molar refractivity (Wildman–Crippen MR) is 77.0 cm³/mol. The summed E-state index contributed by atoms with van der Waals surface area (Å²) >= 11 is 0. The molecule has 2 aliphatic rings. The first-order chi connectivity index (χ1) is 10.2. The second-order valence-corrected chi connectivity index (χ2v) is 5.48. The van der Waals surface area contributed by atoms with Gasteiger partial charge in [-0.15, -0.1) is 0 Å². The Morgan fingerprint density at radius 1 is 1.24 bits per heavy atom. The molecule has 0 aromatic rings. The summed E-state index contributed by atoms with van der Waals surface area (Å²) in [6, 6.07) is 0. The van der Waals surface area contributed by atoms with E-state index in [2.05, 4.69) is 19.9 Å². The molecule has 0 radical (unpaired) electrons. The van der Waals surface area contributed by atoms with Gasteiger partial charge in [0.2, 0.25) is 5.91 Å². The number of ether oxygens (including phenoxy) is 2. The van der Waals surface area contributed by atoms with E-state index in [1.165, 1.54) is 6.42 Å². The highest BCUT2D eigenvalue weighted by molar-refractivity contribution is 5.92. The Morgan fingerprint density at radius 3 is 2.57 bits per heavy atom. The van der Waals surface area contributed by atoms with Crippen molar-refractivity contribution in [1.29, 1.82) is 0 Å². The minimum Gasteiger partial charge on any atom is -0.450 e. The van der Waals surface area contributed by atoms with Crippen molar-refractivity contribution in [2.45, 2.75) is 25.9 Å². The predicted octanol–water partition coefficient (Wildman–Crippen LogP) is 0.0557. The molecule has 0 aliphatic carbocycles. The number of amides is 2. The molecule has 0 spiro atoms. The fourth-order valence-electron chi connectivity index (χ4n) is 2.73. The second-order valence-electron chi connectivity index (χ2n) is 5.48. The Morgan fingerprint density at radius 2 is 1.95 bits per heavy atom. The third-order valence-electron chi connectivity index (χ3n) is 3.83. The first-order valence-electron chi connectivity index (χ1n) is 7.70. The van der Waals surface area contributed by atoms with Gasteiger partial charge in [0.05, 0.1) is 19.3 Å². The highest BCUT2D eigenvalue weighted by atomic mass is 16.5. The summed E-state index contributed by atoms with van der Waals surface area (Å²) in [5.41, 5.74) is 0. The van der Waals surface area contributed by atoms with Crippen LogP contribution in [0, 0.1) is 0 Å².